The van der Waals surface area contributed by atoms with Crippen molar-refractivity contribution in [3.63, 3.8) is 0 Å². The Morgan fingerprint density at radius 2 is 0.677 bits per heavy atom. The molecule has 0 spiro atoms. The third-order valence-electron chi connectivity index (χ3n) is 12.6. The van der Waals surface area contributed by atoms with Crippen LogP contribution in [0.4, 0.5) is 17.1 Å². The molecule has 0 saturated carbocycles. The number of hydrogen-bond donors (Lipinski definition) is 0. The first-order valence-corrected chi connectivity index (χ1v) is 21.3. The topological polar surface area (TPSA) is 8.17 Å². The number of nitrogens with zero attached hydrogens (tertiary/aromatic N) is 2. The Morgan fingerprint density at radius 1 is 0.258 bits per heavy atom. The van der Waals surface area contributed by atoms with E-state index in [1.165, 1.54) is 87.5 Å². The number of aromatic nitrogens is 1. The molecule has 1 heterocycles. The van der Waals surface area contributed by atoms with Gasteiger partial charge in [-0.15, -0.1) is 0 Å². The van der Waals surface area contributed by atoms with Gasteiger partial charge in [0.15, 0.2) is 0 Å². The van der Waals surface area contributed by atoms with E-state index in [-0.39, 0.29) is 0 Å². The second-order valence-electron chi connectivity index (χ2n) is 16.0. The summed E-state index contributed by atoms with van der Waals surface area (Å²) in [6, 6.07) is 88.5. The van der Waals surface area contributed by atoms with Crippen LogP contribution in [0, 0.1) is 0 Å². The highest BCUT2D eigenvalue weighted by molar-refractivity contribution is 6.11. The van der Waals surface area contributed by atoms with Gasteiger partial charge >= 0.3 is 0 Å². The average Bonchev–Trinajstić information content (AvgIpc) is 3.68. The van der Waals surface area contributed by atoms with Gasteiger partial charge < -0.3 is 9.47 Å². The summed E-state index contributed by atoms with van der Waals surface area (Å²) in [6.07, 6.45) is 0. The van der Waals surface area contributed by atoms with Gasteiger partial charge in [-0.2, -0.15) is 0 Å². The van der Waals surface area contributed by atoms with Gasteiger partial charge in [0, 0.05) is 33.1 Å². The van der Waals surface area contributed by atoms with Crippen molar-refractivity contribution in [1.29, 1.82) is 0 Å². The van der Waals surface area contributed by atoms with Crippen LogP contribution in [0.2, 0.25) is 0 Å². The van der Waals surface area contributed by atoms with Crippen LogP contribution < -0.4 is 4.90 Å². The molecule has 0 aliphatic heterocycles. The summed E-state index contributed by atoms with van der Waals surface area (Å²) in [6.45, 7) is 0. The van der Waals surface area contributed by atoms with Crippen molar-refractivity contribution >= 4 is 71.2 Å². The van der Waals surface area contributed by atoms with Crippen LogP contribution >= 0.6 is 0 Å². The van der Waals surface area contributed by atoms with E-state index in [4.69, 9.17) is 0 Å². The highest BCUT2D eigenvalue weighted by Gasteiger charge is 2.21. The van der Waals surface area contributed by atoms with Crippen LogP contribution in [0.25, 0.3) is 93.2 Å². The number of para-hydroxylation sites is 3. The van der Waals surface area contributed by atoms with E-state index < -0.39 is 0 Å². The first kappa shape index (κ1) is 35.7. The van der Waals surface area contributed by atoms with Crippen LogP contribution in [0.3, 0.4) is 0 Å². The summed E-state index contributed by atoms with van der Waals surface area (Å²) < 4.78 is 2.43. The van der Waals surface area contributed by atoms with Gasteiger partial charge in [0.25, 0.3) is 0 Å². The van der Waals surface area contributed by atoms with E-state index in [0.29, 0.717) is 0 Å². The smallest absolute Gasteiger partial charge is 0.0541 e. The molecule has 0 radical (unpaired) electrons. The first-order chi connectivity index (χ1) is 30.8. The fourth-order valence-electron chi connectivity index (χ4n) is 9.75. The van der Waals surface area contributed by atoms with Crippen molar-refractivity contribution < 1.29 is 0 Å². The number of anilines is 3. The van der Waals surface area contributed by atoms with E-state index in [1.54, 1.807) is 0 Å². The largest absolute Gasteiger partial charge is 0.310 e. The lowest BCUT2D eigenvalue weighted by atomic mass is 9.94. The van der Waals surface area contributed by atoms with Crippen molar-refractivity contribution in [2.24, 2.45) is 0 Å². The fourth-order valence-corrected chi connectivity index (χ4v) is 9.75. The lowest BCUT2D eigenvalue weighted by molar-refractivity contribution is 1.18. The molecule has 0 amide bonds. The highest BCUT2D eigenvalue weighted by atomic mass is 15.1. The summed E-state index contributed by atoms with van der Waals surface area (Å²) >= 11 is 0. The lowest BCUT2D eigenvalue weighted by Crippen LogP contribution is -2.10. The Kier molecular flexibility index (Phi) is 8.53. The summed E-state index contributed by atoms with van der Waals surface area (Å²) in [5, 5.41) is 9.89. The van der Waals surface area contributed by atoms with Gasteiger partial charge in [-0.25, -0.2) is 0 Å². The molecule has 12 aromatic rings. The zero-order valence-corrected chi connectivity index (χ0v) is 34.0. The monoisotopic (exact) mass is 788 g/mol. The molecule has 12 rings (SSSR count). The minimum atomic E-state index is 1.09. The Hall–Kier alpha value is -8.20. The first-order valence-electron chi connectivity index (χ1n) is 21.3. The minimum absolute atomic E-state index is 1.09. The summed E-state index contributed by atoms with van der Waals surface area (Å²) in [7, 11) is 0. The molecule has 0 atom stereocenters. The van der Waals surface area contributed by atoms with Crippen LogP contribution in [-0.2, 0) is 0 Å². The average molecular weight is 789 g/mol. The molecular weight excluding hydrogens is 749 g/mol. The quantitative estimate of drug-likeness (QED) is 0.156. The molecule has 0 fully saturated rings. The Balaban J connectivity index is 1.03. The molecule has 11 aromatic carbocycles. The zero-order valence-electron chi connectivity index (χ0n) is 34.0. The third-order valence-corrected chi connectivity index (χ3v) is 12.6. The Morgan fingerprint density at radius 3 is 1.24 bits per heavy atom. The van der Waals surface area contributed by atoms with E-state index in [2.05, 4.69) is 252 Å². The predicted octanol–water partition coefficient (Wildman–Crippen LogP) is 16.7. The highest BCUT2D eigenvalue weighted by Crippen LogP contribution is 2.45. The van der Waals surface area contributed by atoms with E-state index in [9.17, 15) is 0 Å². The van der Waals surface area contributed by atoms with Gasteiger partial charge in [0.05, 0.1) is 22.4 Å². The van der Waals surface area contributed by atoms with Gasteiger partial charge in [-0.05, 0) is 103 Å². The van der Waals surface area contributed by atoms with Gasteiger partial charge in [0.1, 0.15) is 0 Å². The fraction of sp³-hybridized carbons (Fsp3) is 0. The summed E-state index contributed by atoms with van der Waals surface area (Å²) in [5.41, 5.74) is 14.1. The van der Waals surface area contributed by atoms with Crippen LogP contribution in [0.1, 0.15) is 0 Å². The summed E-state index contributed by atoms with van der Waals surface area (Å²) in [4.78, 5) is 2.42. The molecule has 0 saturated heterocycles. The zero-order chi connectivity index (χ0) is 41.0. The van der Waals surface area contributed by atoms with Crippen molar-refractivity contribution in [3.05, 3.63) is 243 Å². The second kappa shape index (κ2) is 14.8. The lowest BCUT2D eigenvalue weighted by Gasteiger charge is -2.28. The van der Waals surface area contributed by atoms with Crippen LogP contribution in [0.5, 0.6) is 0 Å². The van der Waals surface area contributed by atoms with E-state index >= 15 is 0 Å². The van der Waals surface area contributed by atoms with Crippen molar-refractivity contribution in [3.8, 4) is 39.1 Å². The number of hydrogen-bond acceptors (Lipinski definition) is 1. The predicted molar refractivity (Wildman–Crippen MR) is 264 cm³/mol. The molecule has 1 aromatic heterocycles. The molecule has 0 aliphatic rings. The third kappa shape index (κ3) is 5.88. The molecule has 62 heavy (non-hydrogen) atoms. The van der Waals surface area contributed by atoms with Crippen LogP contribution in [0.15, 0.2) is 243 Å². The van der Waals surface area contributed by atoms with Gasteiger partial charge in [-0.1, -0.05) is 194 Å². The maximum atomic E-state index is 2.43. The maximum absolute atomic E-state index is 2.43. The van der Waals surface area contributed by atoms with Gasteiger partial charge in [-0.3, -0.25) is 0 Å². The minimum Gasteiger partial charge on any atom is -0.310 e. The van der Waals surface area contributed by atoms with E-state index in [1.807, 2.05) is 0 Å². The Labute approximate surface area is 360 Å². The van der Waals surface area contributed by atoms with Gasteiger partial charge in [0.2, 0.25) is 0 Å². The summed E-state index contributed by atoms with van der Waals surface area (Å²) in [5.74, 6) is 0. The number of benzene rings is 11. The van der Waals surface area contributed by atoms with Crippen molar-refractivity contribution in [1.82, 2.24) is 4.57 Å². The number of fused-ring (bicyclic) bond motifs is 6. The van der Waals surface area contributed by atoms with Crippen LogP contribution in [-0.4, -0.2) is 4.57 Å². The standard InChI is InChI=1S/C60H40N2/c1-3-19-47-41(15-1)17-13-26-49(47)43-31-35-45(36-32-43)61(46-37-33-44(34-38-46)50-27-14-18-42-16-2-4-20-48(42)50)60-40-39-52(51-21-5-6-22-53(51)60)54-23-7-10-28-57(54)62-58-29-11-8-24-55(58)56-25-9-12-30-59(56)62/h1-40H. The number of rotatable bonds is 7. The molecule has 2 nitrogen and oxygen atoms in total. The molecule has 0 unspecified atom stereocenters. The van der Waals surface area contributed by atoms with E-state index in [0.717, 1.165) is 22.7 Å². The molecule has 0 aliphatic carbocycles. The SMILES string of the molecule is c1ccc(-n2c3ccccc3c3ccccc32)c(-c2ccc(N(c3ccc(-c4cccc5ccccc45)cc3)c3ccc(-c4cccc5ccccc45)cc3)c3ccccc23)c1. The molecule has 2 heteroatoms. The molecular formula is C60H40N2. The normalized spacial score (nSPS) is 11.5. The van der Waals surface area contributed by atoms with Crippen molar-refractivity contribution in [2.45, 2.75) is 0 Å². The molecule has 290 valence electrons. The Bertz CT molecular complexity index is 3450. The molecule has 0 bridgehead atoms. The maximum Gasteiger partial charge on any atom is 0.0541 e. The van der Waals surface area contributed by atoms with Crippen molar-refractivity contribution in [2.75, 3.05) is 4.90 Å². The second-order valence-corrected chi connectivity index (χ2v) is 16.0. The molecule has 0 N–H and O–H groups in total.